The molecule has 25 heavy (non-hydrogen) atoms. The van der Waals surface area contributed by atoms with Gasteiger partial charge < -0.3 is 25.1 Å². The number of H-pyrrole nitrogens is 1. The number of nitrogens with one attached hydrogen (secondary N) is 3. The lowest BCUT2D eigenvalue weighted by Gasteiger charge is -2.16. The van der Waals surface area contributed by atoms with Gasteiger partial charge in [-0.1, -0.05) is 0 Å². The van der Waals surface area contributed by atoms with E-state index in [0.717, 1.165) is 0 Å². The highest BCUT2D eigenvalue weighted by molar-refractivity contribution is 5.89. The van der Waals surface area contributed by atoms with Gasteiger partial charge in [0.15, 0.2) is 11.5 Å². The van der Waals surface area contributed by atoms with E-state index in [1.54, 1.807) is 0 Å². The van der Waals surface area contributed by atoms with Crippen LogP contribution >= 0.6 is 0 Å². The summed E-state index contributed by atoms with van der Waals surface area (Å²) in [6.45, 7) is -0.142. The minimum Gasteiger partial charge on any atom is -0.469 e. The van der Waals surface area contributed by atoms with Crippen LogP contribution in [-0.4, -0.2) is 64.6 Å². The van der Waals surface area contributed by atoms with Gasteiger partial charge in [-0.05, 0) is 6.42 Å². The number of aromatic amines is 1. The summed E-state index contributed by atoms with van der Waals surface area (Å²) in [5, 5.41) is 5.34. The predicted molar refractivity (Wildman–Crippen MR) is 85.4 cm³/mol. The van der Waals surface area contributed by atoms with Crippen molar-refractivity contribution in [1.82, 2.24) is 25.3 Å². The maximum atomic E-state index is 12.1. The van der Waals surface area contributed by atoms with E-state index in [2.05, 4.69) is 40.0 Å². The molecule has 1 amide bonds. The van der Waals surface area contributed by atoms with Crippen molar-refractivity contribution in [2.75, 3.05) is 26.1 Å². The molecule has 2 aromatic rings. The van der Waals surface area contributed by atoms with E-state index in [4.69, 9.17) is 0 Å². The fourth-order valence-corrected chi connectivity index (χ4v) is 2.06. The van der Waals surface area contributed by atoms with Crippen LogP contribution in [0.4, 0.5) is 5.82 Å². The SMILES string of the molecule is COC(=O)CC[C@H](NC(=O)CNc1ncnc2nc[nH]c12)C(=O)OC. The number of carbonyl (C=O) groups is 3. The number of methoxy groups -OCH3 is 2. The summed E-state index contributed by atoms with van der Waals surface area (Å²) in [5.74, 6) is -1.19. The highest BCUT2D eigenvalue weighted by Gasteiger charge is 2.22. The summed E-state index contributed by atoms with van der Waals surface area (Å²) in [5.41, 5.74) is 1.02. The second-order valence-corrected chi connectivity index (χ2v) is 4.94. The van der Waals surface area contributed by atoms with Crippen LogP contribution in [-0.2, 0) is 23.9 Å². The maximum Gasteiger partial charge on any atom is 0.328 e. The van der Waals surface area contributed by atoms with Gasteiger partial charge in [-0.15, -0.1) is 0 Å². The van der Waals surface area contributed by atoms with Crippen LogP contribution in [0.3, 0.4) is 0 Å². The first-order chi connectivity index (χ1) is 12.0. The molecule has 0 aromatic carbocycles. The standard InChI is InChI=1S/C14H18N6O5/c1-24-10(22)4-3-8(14(23)25-2)20-9(21)5-15-12-11-13(17-6-16-11)19-7-18-12/h6-8H,3-5H2,1-2H3,(H,20,21)(H2,15,16,17,18,19)/t8-/m0/s1. The van der Waals surface area contributed by atoms with Crippen LogP contribution in [0, 0.1) is 0 Å². The zero-order chi connectivity index (χ0) is 18.2. The van der Waals surface area contributed by atoms with E-state index in [-0.39, 0.29) is 19.4 Å². The first-order valence-electron chi connectivity index (χ1n) is 7.37. The highest BCUT2D eigenvalue weighted by Crippen LogP contribution is 2.13. The number of esters is 2. The van der Waals surface area contributed by atoms with Crippen molar-refractivity contribution in [3.8, 4) is 0 Å². The van der Waals surface area contributed by atoms with Gasteiger partial charge >= 0.3 is 11.9 Å². The Labute approximate surface area is 142 Å². The summed E-state index contributed by atoms with van der Waals surface area (Å²) >= 11 is 0. The van der Waals surface area contributed by atoms with E-state index in [0.29, 0.717) is 17.0 Å². The van der Waals surface area contributed by atoms with E-state index < -0.39 is 23.9 Å². The number of aromatic nitrogens is 4. The highest BCUT2D eigenvalue weighted by atomic mass is 16.5. The number of ether oxygens (including phenoxy) is 2. The molecule has 0 fully saturated rings. The van der Waals surface area contributed by atoms with Crippen molar-refractivity contribution in [2.24, 2.45) is 0 Å². The van der Waals surface area contributed by atoms with Crippen LogP contribution in [0.5, 0.6) is 0 Å². The zero-order valence-corrected chi connectivity index (χ0v) is 13.7. The predicted octanol–water partition coefficient (Wildman–Crippen LogP) is -0.624. The van der Waals surface area contributed by atoms with Crippen molar-refractivity contribution < 1.29 is 23.9 Å². The Morgan fingerprint density at radius 1 is 1.20 bits per heavy atom. The molecule has 2 rings (SSSR count). The molecule has 2 heterocycles. The summed E-state index contributed by atoms with van der Waals surface area (Å²) in [6, 6.07) is -0.948. The third-order valence-corrected chi connectivity index (χ3v) is 3.33. The molecular formula is C14H18N6O5. The Balaban J connectivity index is 1.92. The quantitative estimate of drug-likeness (QED) is 0.529. The fraction of sp³-hybridized carbons (Fsp3) is 0.429. The smallest absolute Gasteiger partial charge is 0.328 e. The van der Waals surface area contributed by atoms with Gasteiger partial charge in [-0.2, -0.15) is 0 Å². The molecule has 0 spiro atoms. The summed E-state index contributed by atoms with van der Waals surface area (Å²) in [4.78, 5) is 49.8. The molecule has 0 aliphatic carbocycles. The lowest BCUT2D eigenvalue weighted by Crippen LogP contribution is -2.44. The van der Waals surface area contributed by atoms with Gasteiger partial charge in [0, 0.05) is 6.42 Å². The summed E-state index contributed by atoms with van der Waals surface area (Å²) in [6.07, 6.45) is 2.83. The minimum atomic E-state index is -0.948. The van der Waals surface area contributed by atoms with Crippen molar-refractivity contribution in [2.45, 2.75) is 18.9 Å². The molecule has 11 heteroatoms. The van der Waals surface area contributed by atoms with Crippen LogP contribution in [0.1, 0.15) is 12.8 Å². The number of hydrogen-bond acceptors (Lipinski definition) is 9. The number of amides is 1. The van der Waals surface area contributed by atoms with Crippen molar-refractivity contribution in [3.63, 3.8) is 0 Å². The Hall–Kier alpha value is -3.24. The molecule has 3 N–H and O–H groups in total. The summed E-state index contributed by atoms with van der Waals surface area (Å²) in [7, 11) is 2.45. The van der Waals surface area contributed by atoms with Crippen LogP contribution < -0.4 is 10.6 Å². The van der Waals surface area contributed by atoms with Crippen LogP contribution in [0.15, 0.2) is 12.7 Å². The number of imidazole rings is 1. The van der Waals surface area contributed by atoms with Crippen LogP contribution in [0.2, 0.25) is 0 Å². The first-order valence-corrected chi connectivity index (χ1v) is 7.37. The average molecular weight is 350 g/mol. The lowest BCUT2D eigenvalue weighted by atomic mass is 10.1. The van der Waals surface area contributed by atoms with Gasteiger partial charge in [0.05, 0.1) is 27.1 Å². The van der Waals surface area contributed by atoms with Crippen molar-refractivity contribution in [3.05, 3.63) is 12.7 Å². The van der Waals surface area contributed by atoms with Crippen molar-refractivity contribution in [1.29, 1.82) is 0 Å². The largest absolute Gasteiger partial charge is 0.469 e. The molecule has 134 valence electrons. The Bertz CT molecular complexity index is 761. The van der Waals surface area contributed by atoms with Gasteiger partial charge in [-0.25, -0.2) is 19.7 Å². The molecule has 0 aliphatic rings. The molecule has 1 atom stereocenters. The number of hydrogen-bond donors (Lipinski definition) is 3. The molecule has 0 aliphatic heterocycles. The molecular weight excluding hydrogens is 332 g/mol. The molecule has 0 saturated heterocycles. The van der Waals surface area contributed by atoms with E-state index in [9.17, 15) is 14.4 Å². The maximum absolute atomic E-state index is 12.1. The van der Waals surface area contributed by atoms with Gasteiger partial charge in [0.25, 0.3) is 0 Å². The zero-order valence-electron chi connectivity index (χ0n) is 13.7. The number of fused-ring (bicyclic) bond motifs is 1. The monoisotopic (exact) mass is 350 g/mol. The number of rotatable bonds is 8. The average Bonchev–Trinajstić information content (AvgIpc) is 3.11. The Morgan fingerprint density at radius 3 is 2.72 bits per heavy atom. The normalized spacial score (nSPS) is 11.6. The topological polar surface area (TPSA) is 148 Å². The molecule has 11 nitrogen and oxygen atoms in total. The molecule has 2 aromatic heterocycles. The lowest BCUT2D eigenvalue weighted by molar-refractivity contribution is -0.146. The fourth-order valence-electron chi connectivity index (χ4n) is 2.06. The third-order valence-electron chi connectivity index (χ3n) is 3.33. The second-order valence-electron chi connectivity index (χ2n) is 4.94. The molecule has 0 bridgehead atoms. The summed E-state index contributed by atoms with van der Waals surface area (Å²) < 4.78 is 9.15. The molecule has 0 radical (unpaired) electrons. The van der Waals surface area contributed by atoms with E-state index in [1.807, 2.05) is 0 Å². The van der Waals surface area contributed by atoms with Gasteiger partial charge in [0.1, 0.15) is 17.9 Å². The van der Waals surface area contributed by atoms with Crippen LogP contribution in [0.25, 0.3) is 11.2 Å². The number of carbonyl (C=O) groups excluding carboxylic acids is 3. The Morgan fingerprint density at radius 2 is 2.00 bits per heavy atom. The third kappa shape index (κ3) is 4.86. The molecule has 0 saturated carbocycles. The second kappa shape index (κ2) is 8.57. The van der Waals surface area contributed by atoms with E-state index >= 15 is 0 Å². The minimum absolute atomic E-state index is 0.0232. The van der Waals surface area contributed by atoms with Gasteiger partial charge in [0.2, 0.25) is 5.91 Å². The number of anilines is 1. The van der Waals surface area contributed by atoms with E-state index in [1.165, 1.54) is 26.9 Å². The van der Waals surface area contributed by atoms with Crippen molar-refractivity contribution >= 4 is 34.8 Å². The number of nitrogens with zero attached hydrogens (tertiary/aromatic N) is 3. The van der Waals surface area contributed by atoms with Gasteiger partial charge in [-0.3, -0.25) is 9.59 Å². The Kier molecular flexibility index (Phi) is 6.20. The molecule has 0 unspecified atom stereocenters. The first kappa shape index (κ1) is 18.1.